The van der Waals surface area contributed by atoms with Crippen molar-refractivity contribution < 1.29 is 4.74 Å². The van der Waals surface area contributed by atoms with Crippen LogP contribution in [0.2, 0.25) is 0 Å². The summed E-state index contributed by atoms with van der Waals surface area (Å²) in [7, 11) is 5.69. The molecule has 1 aliphatic heterocycles. The van der Waals surface area contributed by atoms with Gasteiger partial charge in [0.2, 0.25) is 0 Å². The van der Waals surface area contributed by atoms with Crippen molar-refractivity contribution in [2.24, 2.45) is 10.9 Å². The van der Waals surface area contributed by atoms with Crippen molar-refractivity contribution >= 4 is 29.9 Å². The molecule has 0 aliphatic carbocycles. The highest BCUT2D eigenvalue weighted by Gasteiger charge is 2.19. The molecule has 1 fully saturated rings. The van der Waals surface area contributed by atoms with Crippen LogP contribution in [0.1, 0.15) is 12.0 Å². The number of guanidine groups is 1. The summed E-state index contributed by atoms with van der Waals surface area (Å²) in [6.45, 7) is 4.24. The van der Waals surface area contributed by atoms with E-state index in [1.54, 1.807) is 7.11 Å². The zero-order valence-electron chi connectivity index (χ0n) is 14.3. The molecule has 0 amide bonds. The van der Waals surface area contributed by atoms with Crippen molar-refractivity contribution in [3.8, 4) is 5.75 Å². The Kier molecular flexibility index (Phi) is 9.31. The van der Waals surface area contributed by atoms with Gasteiger partial charge in [-0.15, -0.1) is 24.0 Å². The van der Waals surface area contributed by atoms with Crippen LogP contribution in [0.25, 0.3) is 0 Å². The lowest BCUT2D eigenvalue weighted by Gasteiger charge is -2.15. The lowest BCUT2D eigenvalue weighted by molar-refractivity contribution is 0.394. The fourth-order valence-electron chi connectivity index (χ4n) is 2.77. The molecule has 1 saturated heterocycles. The lowest BCUT2D eigenvalue weighted by Crippen LogP contribution is -2.41. The fraction of sp³-hybridized carbons (Fsp3) is 0.588. The second kappa shape index (κ2) is 10.7. The van der Waals surface area contributed by atoms with E-state index in [4.69, 9.17) is 4.74 Å². The van der Waals surface area contributed by atoms with E-state index in [-0.39, 0.29) is 24.0 Å². The third kappa shape index (κ3) is 6.95. The number of hydrogen-bond acceptors (Lipinski definition) is 3. The number of hydrogen-bond donors (Lipinski definition) is 2. The van der Waals surface area contributed by atoms with Crippen LogP contribution in [-0.2, 0) is 6.42 Å². The van der Waals surface area contributed by atoms with Crippen molar-refractivity contribution in [1.82, 2.24) is 15.5 Å². The number of benzene rings is 1. The maximum atomic E-state index is 5.17. The number of rotatable bonds is 6. The average molecular weight is 432 g/mol. The number of likely N-dealkylation sites (tertiary alicyclic amines) is 1. The van der Waals surface area contributed by atoms with Gasteiger partial charge in [0.15, 0.2) is 5.96 Å². The van der Waals surface area contributed by atoms with Crippen molar-refractivity contribution in [2.75, 3.05) is 47.4 Å². The molecule has 0 bridgehead atoms. The highest BCUT2D eigenvalue weighted by molar-refractivity contribution is 14.0. The van der Waals surface area contributed by atoms with E-state index in [1.165, 1.54) is 25.1 Å². The Morgan fingerprint density at radius 3 is 2.61 bits per heavy atom. The second-order valence-corrected chi connectivity index (χ2v) is 5.89. The molecule has 0 saturated carbocycles. The van der Waals surface area contributed by atoms with Gasteiger partial charge in [-0.3, -0.25) is 4.99 Å². The van der Waals surface area contributed by atoms with Gasteiger partial charge in [-0.1, -0.05) is 12.1 Å². The zero-order valence-corrected chi connectivity index (χ0v) is 16.7. The lowest BCUT2D eigenvalue weighted by atomic mass is 10.1. The molecular weight excluding hydrogens is 403 g/mol. The van der Waals surface area contributed by atoms with Gasteiger partial charge in [-0.2, -0.15) is 0 Å². The van der Waals surface area contributed by atoms with Gasteiger partial charge < -0.3 is 20.3 Å². The van der Waals surface area contributed by atoms with Crippen LogP contribution >= 0.6 is 24.0 Å². The number of nitrogens with one attached hydrogen (secondary N) is 2. The largest absolute Gasteiger partial charge is 0.497 e. The van der Waals surface area contributed by atoms with Crippen LogP contribution in [-0.4, -0.2) is 58.2 Å². The Bertz CT molecular complexity index is 478. The van der Waals surface area contributed by atoms with Crippen molar-refractivity contribution in [3.63, 3.8) is 0 Å². The SMILES string of the molecule is CN=C(NCCc1ccc(OC)cc1)NCC1CCN(C)C1.I. The van der Waals surface area contributed by atoms with E-state index in [2.05, 4.69) is 39.7 Å². The topological polar surface area (TPSA) is 48.9 Å². The smallest absolute Gasteiger partial charge is 0.190 e. The number of methoxy groups -OCH3 is 1. The standard InChI is InChI=1S/C17H28N4O.HI/c1-18-17(20-12-15-9-11-21(2)13-15)19-10-8-14-4-6-16(22-3)7-5-14;/h4-7,15H,8-13H2,1-3H3,(H2,18,19,20);1H. The molecule has 23 heavy (non-hydrogen) atoms. The first-order valence-corrected chi connectivity index (χ1v) is 7.97. The zero-order chi connectivity index (χ0) is 15.8. The summed E-state index contributed by atoms with van der Waals surface area (Å²) in [6.07, 6.45) is 2.24. The molecule has 1 aromatic rings. The Hall–Kier alpha value is -1.02. The van der Waals surface area contributed by atoms with E-state index in [0.717, 1.165) is 37.1 Å². The molecule has 0 aromatic heterocycles. The maximum absolute atomic E-state index is 5.17. The van der Waals surface area contributed by atoms with Crippen LogP contribution in [0.5, 0.6) is 5.75 Å². The summed E-state index contributed by atoms with van der Waals surface area (Å²) >= 11 is 0. The first kappa shape index (κ1) is 20.0. The normalized spacial score (nSPS) is 18.4. The predicted octanol–water partition coefficient (Wildman–Crippen LogP) is 1.97. The molecule has 1 atom stereocenters. The molecule has 2 N–H and O–H groups in total. The van der Waals surface area contributed by atoms with E-state index in [0.29, 0.717) is 0 Å². The van der Waals surface area contributed by atoms with Crippen LogP contribution < -0.4 is 15.4 Å². The van der Waals surface area contributed by atoms with E-state index >= 15 is 0 Å². The third-order valence-corrected chi connectivity index (χ3v) is 4.14. The Labute approximate surface area is 156 Å². The van der Waals surface area contributed by atoms with Gasteiger partial charge in [0.25, 0.3) is 0 Å². The molecule has 1 aliphatic rings. The molecule has 6 heteroatoms. The molecule has 5 nitrogen and oxygen atoms in total. The van der Waals surface area contributed by atoms with Gasteiger partial charge in [0.05, 0.1) is 7.11 Å². The summed E-state index contributed by atoms with van der Waals surface area (Å²) < 4.78 is 5.17. The minimum Gasteiger partial charge on any atom is -0.497 e. The van der Waals surface area contributed by atoms with Gasteiger partial charge in [-0.25, -0.2) is 0 Å². The first-order chi connectivity index (χ1) is 10.7. The van der Waals surface area contributed by atoms with E-state index in [1.807, 2.05) is 19.2 Å². The van der Waals surface area contributed by atoms with Gasteiger partial charge in [0.1, 0.15) is 5.75 Å². The molecule has 0 spiro atoms. The van der Waals surface area contributed by atoms with Gasteiger partial charge >= 0.3 is 0 Å². The summed E-state index contributed by atoms with van der Waals surface area (Å²) in [5.41, 5.74) is 1.29. The summed E-state index contributed by atoms with van der Waals surface area (Å²) in [4.78, 5) is 6.67. The highest BCUT2D eigenvalue weighted by atomic mass is 127. The Morgan fingerprint density at radius 2 is 2.04 bits per heavy atom. The third-order valence-electron chi connectivity index (χ3n) is 4.14. The van der Waals surface area contributed by atoms with Crippen molar-refractivity contribution in [2.45, 2.75) is 12.8 Å². The molecule has 1 aromatic carbocycles. The molecular formula is C17H29IN4O. The summed E-state index contributed by atoms with van der Waals surface area (Å²) in [6, 6.07) is 8.20. The fourth-order valence-corrected chi connectivity index (χ4v) is 2.77. The quantitative estimate of drug-likeness (QED) is 0.410. The second-order valence-electron chi connectivity index (χ2n) is 5.89. The van der Waals surface area contributed by atoms with E-state index in [9.17, 15) is 0 Å². The van der Waals surface area contributed by atoms with Crippen LogP contribution in [0.4, 0.5) is 0 Å². The van der Waals surface area contributed by atoms with E-state index < -0.39 is 0 Å². The highest BCUT2D eigenvalue weighted by Crippen LogP contribution is 2.13. The van der Waals surface area contributed by atoms with Crippen LogP contribution in [0, 0.1) is 5.92 Å². The average Bonchev–Trinajstić information content (AvgIpc) is 2.96. The number of aliphatic imine (C=N–C) groups is 1. The molecule has 1 unspecified atom stereocenters. The van der Waals surface area contributed by atoms with Crippen molar-refractivity contribution in [3.05, 3.63) is 29.8 Å². The molecule has 2 rings (SSSR count). The van der Waals surface area contributed by atoms with Crippen LogP contribution in [0.3, 0.4) is 0 Å². The number of nitrogens with zero attached hydrogens (tertiary/aromatic N) is 2. The Morgan fingerprint density at radius 1 is 1.30 bits per heavy atom. The Balaban J connectivity index is 0.00000264. The summed E-state index contributed by atoms with van der Waals surface area (Å²) in [5.74, 6) is 2.52. The minimum absolute atomic E-state index is 0. The predicted molar refractivity (Wildman–Crippen MR) is 107 cm³/mol. The van der Waals surface area contributed by atoms with Crippen LogP contribution in [0.15, 0.2) is 29.3 Å². The van der Waals surface area contributed by atoms with Gasteiger partial charge in [-0.05, 0) is 50.0 Å². The number of halogens is 1. The maximum Gasteiger partial charge on any atom is 0.190 e. The first-order valence-electron chi connectivity index (χ1n) is 7.97. The molecule has 0 radical (unpaired) electrons. The molecule has 1 heterocycles. The number of ether oxygens (including phenoxy) is 1. The summed E-state index contributed by atoms with van der Waals surface area (Å²) in [5, 5.41) is 6.80. The monoisotopic (exact) mass is 432 g/mol. The molecule has 130 valence electrons. The minimum atomic E-state index is 0. The van der Waals surface area contributed by atoms with Gasteiger partial charge in [0, 0.05) is 26.7 Å². The van der Waals surface area contributed by atoms with Crippen molar-refractivity contribution in [1.29, 1.82) is 0 Å².